The Morgan fingerprint density at radius 2 is 2.10 bits per heavy atom. The molecule has 0 spiro atoms. The standard InChI is InChI=1S/C14H27N3O3S/c1-14(2,3)20-13(19)16-11(6-4-5-7-15)12(18)17-8-9-21-10-17/h11H,4-10,15H2,1-3H3,(H,16,19)/t11-/m0/s1. The van der Waals surface area contributed by atoms with Crippen molar-refractivity contribution in [2.24, 2.45) is 5.73 Å². The van der Waals surface area contributed by atoms with Crippen molar-refractivity contribution in [2.75, 3.05) is 24.7 Å². The summed E-state index contributed by atoms with van der Waals surface area (Å²) in [7, 11) is 0. The van der Waals surface area contributed by atoms with Crippen LogP contribution in [0.2, 0.25) is 0 Å². The molecule has 0 bridgehead atoms. The topological polar surface area (TPSA) is 84.7 Å². The van der Waals surface area contributed by atoms with Crippen molar-refractivity contribution in [1.82, 2.24) is 10.2 Å². The molecule has 0 aromatic heterocycles. The first-order valence-corrected chi connectivity index (χ1v) is 8.55. The Labute approximate surface area is 131 Å². The molecule has 122 valence electrons. The van der Waals surface area contributed by atoms with Gasteiger partial charge >= 0.3 is 6.09 Å². The predicted molar refractivity (Wildman–Crippen MR) is 85.1 cm³/mol. The predicted octanol–water partition coefficient (Wildman–Crippen LogP) is 1.54. The lowest BCUT2D eigenvalue weighted by molar-refractivity contribution is -0.132. The molecule has 0 unspecified atom stereocenters. The monoisotopic (exact) mass is 317 g/mol. The van der Waals surface area contributed by atoms with Gasteiger partial charge in [0.15, 0.2) is 0 Å². The van der Waals surface area contributed by atoms with Gasteiger partial charge in [-0.05, 0) is 46.6 Å². The molecule has 0 saturated carbocycles. The van der Waals surface area contributed by atoms with Crippen molar-refractivity contribution in [2.45, 2.75) is 51.7 Å². The van der Waals surface area contributed by atoms with Gasteiger partial charge in [-0.25, -0.2) is 4.79 Å². The van der Waals surface area contributed by atoms with Crippen molar-refractivity contribution in [3.05, 3.63) is 0 Å². The number of hydrogen-bond acceptors (Lipinski definition) is 5. The van der Waals surface area contributed by atoms with Gasteiger partial charge in [0.25, 0.3) is 0 Å². The molecule has 3 N–H and O–H groups in total. The summed E-state index contributed by atoms with van der Waals surface area (Å²) in [6, 6.07) is -0.523. The maximum atomic E-state index is 12.5. The Bertz CT molecular complexity index is 352. The average molecular weight is 317 g/mol. The van der Waals surface area contributed by atoms with Gasteiger partial charge in [0, 0.05) is 12.3 Å². The van der Waals surface area contributed by atoms with E-state index in [1.54, 1.807) is 37.4 Å². The van der Waals surface area contributed by atoms with Crippen molar-refractivity contribution in [3.8, 4) is 0 Å². The van der Waals surface area contributed by atoms with Crippen molar-refractivity contribution >= 4 is 23.8 Å². The molecule has 0 aliphatic carbocycles. The maximum absolute atomic E-state index is 12.5. The van der Waals surface area contributed by atoms with Crippen LogP contribution in [-0.4, -0.2) is 53.3 Å². The fraction of sp³-hybridized carbons (Fsp3) is 0.857. The van der Waals surface area contributed by atoms with Crippen molar-refractivity contribution in [3.63, 3.8) is 0 Å². The quantitative estimate of drug-likeness (QED) is 0.726. The summed E-state index contributed by atoms with van der Waals surface area (Å²) in [4.78, 5) is 26.1. The Balaban J connectivity index is 2.58. The number of ether oxygens (including phenoxy) is 1. The highest BCUT2D eigenvalue weighted by molar-refractivity contribution is 7.99. The van der Waals surface area contributed by atoms with Crippen LogP contribution in [0, 0.1) is 0 Å². The number of thioether (sulfide) groups is 1. The van der Waals surface area contributed by atoms with E-state index in [1.807, 2.05) is 0 Å². The number of hydrogen-bond donors (Lipinski definition) is 2. The lowest BCUT2D eigenvalue weighted by atomic mass is 10.1. The SMILES string of the molecule is CC(C)(C)OC(=O)N[C@@H](CCCCN)C(=O)N1CCSC1. The van der Waals surface area contributed by atoms with E-state index in [9.17, 15) is 9.59 Å². The van der Waals surface area contributed by atoms with Gasteiger partial charge in [0.05, 0.1) is 5.88 Å². The van der Waals surface area contributed by atoms with E-state index in [-0.39, 0.29) is 5.91 Å². The Morgan fingerprint density at radius 3 is 2.62 bits per heavy atom. The normalized spacial score (nSPS) is 16.7. The minimum Gasteiger partial charge on any atom is -0.444 e. The van der Waals surface area contributed by atoms with Crippen LogP contribution in [0.25, 0.3) is 0 Å². The first-order chi connectivity index (χ1) is 9.83. The zero-order chi connectivity index (χ0) is 15.9. The zero-order valence-electron chi connectivity index (χ0n) is 13.2. The summed E-state index contributed by atoms with van der Waals surface area (Å²) >= 11 is 1.73. The molecular weight excluding hydrogens is 290 g/mol. The molecule has 1 saturated heterocycles. The fourth-order valence-corrected chi connectivity index (χ4v) is 2.96. The summed E-state index contributed by atoms with van der Waals surface area (Å²) < 4.78 is 5.24. The van der Waals surface area contributed by atoms with Gasteiger partial charge in [-0.15, -0.1) is 11.8 Å². The van der Waals surface area contributed by atoms with Gasteiger partial charge in [0.2, 0.25) is 5.91 Å². The second-order valence-corrected chi connectivity index (χ2v) is 7.20. The lowest BCUT2D eigenvalue weighted by Gasteiger charge is -2.26. The average Bonchev–Trinajstić information content (AvgIpc) is 2.88. The van der Waals surface area contributed by atoms with Crippen LogP contribution in [0.5, 0.6) is 0 Å². The van der Waals surface area contributed by atoms with Crippen LogP contribution in [-0.2, 0) is 9.53 Å². The molecule has 1 rings (SSSR count). The van der Waals surface area contributed by atoms with Gasteiger partial charge in [-0.3, -0.25) is 4.79 Å². The van der Waals surface area contributed by atoms with Crippen LogP contribution in [0.4, 0.5) is 4.79 Å². The Hall–Kier alpha value is -0.950. The number of nitrogens with two attached hydrogens (primary N) is 1. The number of nitrogens with zero attached hydrogens (tertiary/aromatic N) is 1. The highest BCUT2D eigenvalue weighted by Crippen LogP contribution is 2.16. The lowest BCUT2D eigenvalue weighted by Crippen LogP contribution is -2.49. The van der Waals surface area contributed by atoms with Crippen LogP contribution < -0.4 is 11.1 Å². The molecule has 2 amide bonds. The van der Waals surface area contributed by atoms with Crippen molar-refractivity contribution < 1.29 is 14.3 Å². The molecule has 0 aromatic rings. The highest BCUT2D eigenvalue weighted by Gasteiger charge is 2.29. The van der Waals surface area contributed by atoms with E-state index in [4.69, 9.17) is 10.5 Å². The van der Waals surface area contributed by atoms with Gasteiger partial charge in [0.1, 0.15) is 11.6 Å². The number of rotatable bonds is 6. The van der Waals surface area contributed by atoms with E-state index in [2.05, 4.69) is 5.32 Å². The molecular formula is C14H27N3O3S. The number of amides is 2. The molecule has 7 heteroatoms. The van der Waals surface area contributed by atoms with E-state index in [0.717, 1.165) is 25.1 Å². The number of alkyl carbamates (subject to hydrolysis) is 1. The fourth-order valence-electron chi connectivity index (χ4n) is 2.01. The maximum Gasteiger partial charge on any atom is 0.408 e. The van der Waals surface area contributed by atoms with E-state index in [0.29, 0.717) is 18.8 Å². The summed E-state index contributed by atoms with van der Waals surface area (Å²) in [5, 5.41) is 2.71. The van der Waals surface area contributed by atoms with E-state index >= 15 is 0 Å². The number of carbonyl (C=O) groups excluding carboxylic acids is 2. The molecule has 1 aliphatic rings. The molecule has 6 nitrogen and oxygen atoms in total. The molecule has 0 aromatic carbocycles. The summed E-state index contributed by atoms with van der Waals surface area (Å²) in [5.74, 6) is 1.62. The highest BCUT2D eigenvalue weighted by atomic mass is 32.2. The largest absolute Gasteiger partial charge is 0.444 e. The number of unbranched alkanes of at least 4 members (excludes halogenated alkanes) is 1. The second kappa shape index (κ2) is 8.48. The summed E-state index contributed by atoms with van der Waals surface area (Å²) in [6.45, 7) is 6.73. The molecule has 0 radical (unpaired) electrons. The molecule has 1 fully saturated rings. The Kier molecular flexibility index (Phi) is 7.31. The molecule has 1 atom stereocenters. The van der Waals surface area contributed by atoms with Gasteiger partial charge in [-0.1, -0.05) is 0 Å². The number of carbonyl (C=O) groups is 2. The van der Waals surface area contributed by atoms with Crippen molar-refractivity contribution in [1.29, 1.82) is 0 Å². The molecule has 1 aliphatic heterocycles. The Morgan fingerprint density at radius 1 is 1.38 bits per heavy atom. The minimum absolute atomic E-state index is 0.0251. The zero-order valence-corrected chi connectivity index (χ0v) is 14.0. The third-order valence-electron chi connectivity index (χ3n) is 3.00. The van der Waals surface area contributed by atoms with Crippen LogP contribution in [0.3, 0.4) is 0 Å². The third kappa shape index (κ3) is 7.04. The first kappa shape index (κ1) is 18.1. The van der Waals surface area contributed by atoms with Gasteiger partial charge < -0.3 is 20.7 Å². The van der Waals surface area contributed by atoms with E-state index < -0.39 is 17.7 Å². The minimum atomic E-state index is -0.571. The molecule has 1 heterocycles. The molecule has 21 heavy (non-hydrogen) atoms. The van der Waals surface area contributed by atoms with Crippen LogP contribution in [0.15, 0.2) is 0 Å². The summed E-state index contributed by atoms with van der Waals surface area (Å²) in [6.07, 6.45) is 1.70. The number of nitrogens with one attached hydrogen (secondary N) is 1. The van der Waals surface area contributed by atoms with Gasteiger partial charge in [-0.2, -0.15) is 0 Å². The summed E-state index contributed by atoms with van der Waals surface area (Å²) in [5.41, 5.74) is 4.92. The smallest absolute Gasteiger partial charge is 0.408 e. The van der Waals surface area contributed by atoms with E-state index in [1.165, 1.54) is 0 Å². The van der Waals surface area contributed by atoms with Crippen LogP contribution >= 0.6 is 11.8 Å². The second-order valence-electron chi connectivity index (χ2n) is 6.12. The van der Waals surface area contributed by atoms with Crippen LogP contribution in [0.1, 0.15) is 40.0 Å². The third-order valence-corrected chi connectivity index (χ3v) is 3.97. The first-order valence-electron chi connectivity index (χ1n) is 7.39.